The van der Waals surface area contributed by atoms with Gasteiger partial charge in [-0.25, -0.2) is 0 Å². The molecule has 1 heterocycles. The zero-order valence-corrected chi connectivity index (χ0v) is 13.5. The number of hydrogen-bond donors (Lipinski definition) is 0. The first-order valence-corrected chi connectivity index (χ1v) is 8.13. The maximum atomic E-state index is 12.2. The van der Waals surface area contributed by atoms with Gasteiger partial charge in [-0.15, -0.1) is 0 Å². The monoisotopic (exact) mass is 331 g/mol. The van der Waals surface area contributed by atoms with Crippen LogP contribution in [0.1, 0.15) is 29.5 Å². The second-order valence-corrected chi connectivity index (χ2v) is 6.57. The van der Waals surface area contributed by atoms with Crippen LogP contribution < -0.4 is 0 Å². The molecule has 112 valence electrons. The van der Waals surface area contributed by atoms with E-state index in [1.54, 1.807) is 22.7 Å². The number of carbonyl (C=O) groups is 2. The van der Waals surface area contributed by atoms with E-state index in [0.29, 0.717) is 5.02 Å². The maximum absolute atomic E-state index is 12.2. The first-order valence-electron chi connectivity index (χ1n) is 6.87. The summed E-state index contributed by atoms with van der Waals surface area (Å²) < 4.78 is 0. The zero-order chi connectivity index (χ0) is 15.7. The molecule has 22 heavy (non-hydrogen) atoms. The summed E-state index contributed by atoms with van der Waals surface area (Å²) in [5.41, 5.74) is 1.70. The number of halogens is 1. The van der Waals surface area contributed by atoms with Gasteiger partial charge >= 0.3 is 0 Å². The lowest BCUT2D eigenvalue weighted by atomic mass is 10.0. The van der Waals surface area contributed by atoms with Gasteiger partial charge in [0.2, 0.25) is 5.91 Å². The highest BCUT2D eigenvalue weighted by Gasteiger charge is 2.37. The highest BCUT2D eigenvalue weighted by molar-refractivity contribution is 7.99. The van der Waals surface area contributed by atoms with E-state index in [1.165, 1.54) is 6.92 Å². The minimum Gasteiger partial charge on any atom is -0.312 e. The smallest absolute Gasteiger partial charge is 0.221 e. The Morgan fingerprint density at radius 3 is 2.41 bits per heavy atom. The first-order chi connectivity index (χ1) is 10.6. The van der Waals surface area contributed by atoms with Gasteiger partial charge in [0, 0.05) is 22.4 Å². The summed E-state index contributed by atoms with van der Waals surface area (Å²) in [5.74, 6) is -0.149. The average Bonchev–Trinajstić information content (AvgIpc) is 2.53. The Bertz CT molecular complexity index is 734. The molecule has 0 aromatic heterocycles. The number of rotatable bonds is 2. The summed E-state index contributed by atoms with van der Waals surface area (Å²) in [5, 5.41) is 0.284. The molecule has 0 saturated carbocycles. The van der Waals surface area contributed by atoms with Crippen LogP contribution in [0.4, 0.5) is 0 Å². The van der Waals surface area contributed by atoms with Crippen LogP contribution in [0.3, 0.4) is 0 Å². The van der Waals surface area contributed by atoms with E-state index in [4.69, 9.17) is 11.6 Å². The number of nitrogens with zero attached hydrogens (tertiary/aromatic N) is 1. The van der Waals surface area contributed by atoms with Gasteiger partial charge in [-0.05, 0) is 17.7 Å². The topological polar surface area (TPSA) is 37.4 Å². The standard InChI is InChI=1S/C17H14ClNO2S/c1-11(21)19-15(10-20)13-7-3-5-9-16(13)22-17(19)12-6-2-4-8-14(12)18/h2-10,15,17H,1H3. The number of hydrogen-bond acceptors (Lipinski definition) is 3. The molecule has 5 heteroatoms. The predicted octanol–water partition coefficient (Wildman–Crippen LogP) is 4.23. The molecule has 0 saturated heterocycles. The van der Waals surface area contributed by atoms with Crippen LogP contribution in [-0.4, -0.2) is 17.1 Å². The molecular formula is C17H14ClNO2S. The van der Waals surface area contributed by atoms with E-state index in [-0.39, 0.29) is 11.3 Å². The van der Waals surface area contributed by atoms with Gasteiger partial charge in [0.25, 0.3) is 0 Å². The van der Waals surface area contributed by atoms with E-state index in [0.717, 1.165) is 22.3 Å². The number of benzene rings is 2. The molecule has 0 aliphatic carbocycles. The van der Waals surface area contributed by atoms with Crippen molar-refractivity contribution in [3.05, 3.63) is 64.7 Å². The molecule has 2 atom stereocenters. The van der Waals surface area contributed by atoms with Crippen molar-refractivity contribution < 1.29 is 9.59 Å². The number of fused-ring (bicyclic) bond motifs is 1. The Labute approximate surface area is 138 Å². The van der Waals surface area contributed by atoms with Crippen LogP contribution in [0.2, 0.25) is 5.02 Å². The second kappa shape index (κ2) is 6.15. The van der Waals surface area contributed by atoms with Crippen LogP contribution in [0, 0.1) is 0 Å². The summed E-state index contributed by atoms with van der Waals surface area (Å²) >= 11 is 7.85. The number of carbonyl (C=O) groups excluding carboxylic acids is 2. The molecule has 2 aromatic rings. The number of aldehydes is 1. The van der Waals surface area contributed by atoms with Crippen LogP contribution in [-0.2, 0) is 9.59 Å². The van der Waals surface area contributed by atoms with Gasteiger partial charge in [0.1, 0.15) is 17.7 Å². The summed E-state index contributed by atoms with van der Waals surface area (Å²) in [7, 11) is 0. The van der Waals surface area contributed by atoms with Crippen LogP contribution in [0.25, 0.3) is 0 Å². The molecule has 2 unspecified atom stereocenters. The molecule has 0 radical (unpaired) electrons. The molecule has 0 bridgehead atoms. The fourth-order valence-corrected chi connectivity index (χ4v) is 4.45. The minimum absolute atomic E-state index is 0.149. The Hall–Kier alpha value is -1.78. The molecule has 3 rings (SSSR count). The summed E-state index contributed by atoms with van der Waals surface area (Å²) in [6.45, 7) is 1.48. The third-order valence-corrected chi connectivity index (χ3v) is 5.37. The van der Waals surface area contributed by atoms with Gasteiger partial charge in [-0.3, -0.25) is 4.79 Å². The number of thioether (sulfide) groups is 1. The van der Waals surface area contributed by atoms with Crippen molar-refractivity contribution in [2.24, 2.45) is 0 Å². The van der Waals surface area contributed by atoms with E-state index < -0.39 is 6.04 Å². The minimum atomic E-state index is -0.587. The fourth-order valence-electron chi connectivity index (χ4n) is 2.69. The van der Waals surface area contributed by atoms with E-state index in [2.05, 4.69) is 0 Å². The molecule has 1 aliphatic rings. The summed E-state index contributed by atoms with van der Waals surface area (Å²) in [6.07, 6.45) is 0.823. The lowest BCUT2D eigenvalue weighted by Crippen LogP contribution is -2.38. The first kappa shape index (κ1) is 15.1. The predicted molar refractivity (Wildman–Crippen MR) is 87.8 cm³/mol. The molecule has 0 fully saturated rings. The maximum Gasteiger partial charge on any atom is 0.221 e. The van der Waals surface area contributed by atoms with Crippen LogP contribution in [0.5, 0.6) is 0 Å². The molecule has 1 aliphatic heterocycles. The fraction of sp³-hybridized carbons (Fsp3) is 0.176. The van der Waals surface area contributed by atoms with E-state index >= 15 is 0 Å². The molecule has 2 aromatic carbocycles. The molecule has 1 amide bonds. The van der Waals surface area contributed by atoms with Crippen LogP contribution in [0.15, 0.2) is 53.4 Å². The number of amides is 1. The Balaban J connectivity index is 2.16. The Morgan fingerprint density at radius 2 is 1.77 bits per heavy atom. The molecule has 0 spiro atoms. The van der Waals surface area contributed by atoms with Crippen LogP contribution >= 0.6 is 23.4 Å². The summed E-state index contributed by atoms with van der Waals surface area (Å²) in [4.78, 5) is 26.4. The van der Waals surface area contributed by atoms with Gasteiger partial charge in [-0.2, -0.15) is 0 Å². The zero-order valence-electron chi connectivity index (χ0n) is 11.9. The van der Waals surface area contributed by atoms with Crippen molar-refractivity contribution in [3.8, 4) is 0 Å². The molecule has 0 N–H and O–H groups in total. The van der Waals surface area contributed by atoms with Crippen molar-refractivity contribution >= 4 is 35.6 Å². The van der Waals surface area contributed by atoms with Crippen molar-refractivity contribution in [2.45, 2.75) is 23.2 Å². The Morgan fingerprint density at radius 1 is 1.14 bits per heavy atom. The quantitative estimate of drug-likeness (QED) is 0.773. The second-order valence-electron chi connectivity index (χ2n) is 5.04. The summed E-state index contributed by atoms with van der Waals surface area (Å²) in [6, 6.07) is 14.5. The van der Waals surface area contributed by atoms with Crippen molar-refractivity contribution in [1.29, 1.82) is 0 Å². The average molecular weight is 332 g/mol. The van der Waals surface area contributed by atoms with Crippen molar-refractivity contribution in [2.75, 3.05) is 0 Å². The SMILES string of the molecule is CC(=O)N1C(C=O)c2ccccc2SC1c1ccccc1Cl. The van der Waals surface area contributed by atoms with Crippen molar-refractivity contribution in [3.63, 3.8) is 0 Å². The van der Waals surface area contributed by atoms with Crippen molar-refractivity contribution in [1.82, 2.24) is 4.90 Å². The highest BCUT2D eigenvalue weighted by atomic mass is 35.5. The van der Waals surface area contributed by atoms with E-state index in [9.17, 15) is 9.59 Å². The molecule has 3 nitrogen and oxygen atoms in total. The van der Waals surface area contributed by atoms with Gasteiger partial charge in [0.05, 0.1) is 0 Å². The lowest BCUT2D eigenvalue weighted by Gasteiger charge is -2.40. The third-order valence-electron chi connectivity index (χ3n) is 3.69. The van der Waals surface area contributed by atoms with Gasteiger partial charge < -0.3 is 9.69 Å². The van der Waals surface area contributed by atoms with E-state index in [1.807, 2.05) is 42.5 Å². The lowest BCUT2D eigenvalue weighted by molar-refractivity contribution is -0.135. The normalized spacial score (nSPS) is 20.4. The molecular weight excluding hydrogens is 318 g/mol. The Kier molecular flexibility index (Phi) is 4.23. The van der Waals surface area contributed by atoms with Gasteiger partial charge in [-0.1, -0.05) is 59.8 Å². The third kappa shape index (κ3) is 2.53. The highest BCUT2D eigenvalue weighted by Crippen LogP contribution is 2.50. The van der Waals surface area contributed by atoms with Gasteiger partial charge in [0.15, 0.2) is 0 Å². The largest absolute Gasteiger partial charge is 0.312 e.